The Morgan fingerprint density at radius 3 is 2.73 bits per heavy atom. The van der Waals surface area contributed by atoms with Crippen LogP contribution in [0.15, 0.2) is 42.7 Å². The first-order chi connectivity index (χ1) is 7.36. The molecular weight excluding hydrogens is 186 g/mol. The molecule has 2 aromatic heterocycles. The normalized spacial score (nSPS) is 10.9. The Balaban J connectivity index is 2.60. The second-order valence-electron chi connectivity index (χ2n) is 3.44. The molecule has 2 N–H and O–H groups in total. The molecule has 3 rings (SSSR count). The minimum Gasteiger partial charge on any atom is -0.397 e. The van der Waals surface area contributed by atoms with E-state index in [0.717, 1.165) is 21.8 Å². The number of anilines is 1. The zero-order chi connectivity index (χ0) is 10.3. The molecule has 0 aliphatic rings. The maximum atomic E-state index is 5.84. The number of rotatable bonds is 0. The smallest absolute Gasteiger partial charge is 0.112 e. The van der Waals surface area contributed by atoms with E-state index in [1.165, 1.54) is 0 Å². The molecule has 1 aromatic carbocycles. The lowest BCUT2D eigenvalue weighted by Crippen LogP contribution is -1.91. The van der Waals surface area contributed by atoms with E-state index in [1.807, 2.05) is 30.5 Å². The summed E-state index contributed by atoms with van der Waals surface area (Å²) in [5.41, 5.74) is 8.16. The second kappa shape index (κ2) is 2.92. The van der Waals surface area contributed by atoms with Gasteiger partial charge in [-0.15, -0.1) is 0 Å². The molecule has 0 aliphatic carbocycles. The van der Waals surface area contributed by atoms with Crippen LogP contribution in [0.2, 0.25) is 0 Å². The number of fused-ring (bicyclic) bond motifs is 3. The van der Waals surface area contributed by atoms with Gasteiger partial charge in [0, 0.05) is 23.2 Å². The summed E-state index contributed by atoms with van der Waals surface area (Å²) < 4.78 is 0. The molecule has 0 aliphatic heterocycles. The van der Waals surface area contributed by atoms with Gasteiger partial charge in [-0.1, -0.05) is 24.3 Å². The van der Waals surface area contributed by atoms with Gasteiger partial charge in [-0.05, 0) is 6.07 Å². The van der Waals surface area contributed by atoms with Crippen LogP contribution < -0.4 is 5.73 Å². The summed E-state index contributed by atoms with van der Waals surface area (Å²) in [6, 6.07) is 9.80. The molecule has 0 radical (unpaired) electrons. The number of nitrogen functional groups attached to an aromatic ring is 1. The number of nitrogens with two attached hydrogens (primary N) is 1. The minimum absolute atomic E-state index is 0.672. The predicted molar refractivity (Wildman–Crippen MR) is 61.5 cm³/mol. The van der Waals surface area contributed by atoms with Gasteiger partial charge in [0.25, 0.3) is 0 Å². The summed E-state index contributed by atoms with van der Waals surface area (Å²) in [7, 11) is 0. The van der Waals surface area contributed by atoms with Gasteiger partial charge in [0.2, 0.25) is 0 Å². The standard InChI is InChI=1S/C12H9N3/c13-10-5-6-14-11-9-4-2-1-3-8(9)7-15-12(10)11/h1-7H,(H2,13,14). The Hall–Kier alpha value is -2.16. The van der Waals surface area contributed by atoms with E-state index in [1.54, 1.807) is 12.3 Å². The lowest BCUT2D eigenvalue weighted by atomic mass is 10.1. The third-order valence-electron chi connectivity index (χ3n) is 2.50. The summed E-state index contributed by atoms with van der Waals surface area (Å²) >= 11 is 0. The maximum absolute atomic E-state index is 5.84. The highest BCUT2D eigenvalue weighted by Crippen LogP contribution is 2.24. The molecule has 15 heavy (non-hydrogen) atoms. The molecule has 0 bridgehead atoms. The van der Waals surface area contributed by atoms with Gasteiger partial charge in [0.1, 0.15) is 5.52 Å². The number of nitrogens with zero attached hydrogens (tertiary/aromatic N) is 2. The van der Waals surface area contributed by atoms with Crippen molar-refractivity contribution in [2.45, 2.75) is 0 Å². The van der Waals surface area contributed by atoms with Crippen LogP contribution in [-0.4, -0.2) is 9.97 Å². The van der Waals surface area contributed by atoms with Crippen molar-refractivity contribution in [2.75, 3.05) is 5.73 Å². The van der Waals surface area contributed by atoms with Gasteiger partial charge < -0.3 is 5.73 Å². The highest BCUT2D eigenvalue weighted by molar-refractivity contribution is 6.06. The fourth-order valence-corrected chi connectivity index (χ4v) is 1.76. The molecule has 3 aromatic rings. The van der Waals surface area contributed by atoms with Crippen LogP contribution >= 0.6 is 0 Å². The van der Waals surface area contributed by atoms with Gasteiger partial charge >= 0.3 is 0 Å². The summed E-state index contributed by atoms with van der Waals surface area (Å²) in [4.78, 5) is 8.65. The fourth-order valence-electron chi connectivity index (χ4n) is 1.76. The summed E-state index contributed by atoms with van der Waals surface area (Å²) in [6.45, 7) is 0. The van der Waals surface area contributed by atoms with Crippen LogP contribution in [0.3, 0.4) is 0 Å². The number of pyridine rings is 2. The van der Waals surface area contributed by atoms with E-state index in [4.69, 9.17) is 5.73 Å². The molecular formula is C12H9N3. The molecule has 0 atom stereocenters. The van der Waals surface area contributed by atoms with Gasteiger partial charge in [-0.25, -0.2) is 0 Å². The van der Waals surface area contributed by atoms with E-state index < -0.39 is 0 Å². The van der Waals surface area contributed by atoms with E-state index in [0.29, 0.717) is 5.69 Å². The van der Waals surface area contributed by atoms with Gasteiger partial charge in [0.05, 0.1) is 11.2 Å². The molecule has 0 saturated heterocycles. The van der Waals surface area contributed by atoms with Crippen LogP contribution in [0.25, 0.3) is 21.8 Å². The van der Waals surface area contributed by atoms with Crippen LogP contribution in [0.5, 0.6) is 0 Å². The number of hydrogen-bond acceptors (Lipinski definition) is 3. The highest BCUT2D eigenvalue weighted by Gasteiger charge is 2.03. The average molecular weight is 195 g/mol. The number of hydrogen-bond donors (Lipinski definition) is 1. The highest BCUT2D eigenvalue weighted by atomic mass is 14.8. The van der Waals surface area contributed by atoms with Crippen molar-refractivity contribution >= 4 is 27.5 Å². The largest absolute Gasteiger partial charge is 0.397 e. The molecule has 0 spiro atoms. The summed E-state index contributed by atoms with van der Waals surface area (Å²) in [6.07, 6.45) is 3.54. The van der Waals surface area contributed by atoms with E-state index >= 15 is 0 Å². The third-order valence-corrected chi connectivity index (χ3v) is 2.50. The lowest BCUT2D eigenvalue weighted by Gasteiger charge is -2.03. The van der Waals surface area contributed by atoms with Crippen molar-refractivity contribution in [3.05, 3.63) is 42.7 Å². The molecule has 0 saturated carbocycles. The Morgan fingerprint density at radius 1 is 0.933 bits per heavy atom. The van der Waals surface area contributed by atoms with E-state index in [2.05, 4.69) is 9.97 Å². The van der Waals surface area contributed by atoms with Crippen molar-refractivity contribution in [1.82, 2.24) is 9.97 Å². The van der Waals surface area contributed by atoms with Crippen LogP contribution in [0, 0.1) is 0 Å². The maximum Gasteiger partial charge on any atom is 0.112 e. The molecule has 72 valence electrons. The van der Waals surface area contributed by atoms with Gasteiger partial charge in [-0.3, -0.25) is 9.97 Å². The quantitative estimate of drug-likeness (QED) is 0.560. The summed E-state index contributed by atoms with van der Waals surface area (Å²) in [5, 5.41) is 2.18. The Morgan fingerprint density at radius 2 is 1.80 bits per heavy atom. The van der Waals surface area contributed by atoms with Gasteiger partial charge in [-0.2, -0.15) is 0 Å². The number of benzene rings is 1. The molecule has 0 amide bonds. The second-order valence-corrected chi connectivity index (χ2v) is 3.44. The first kappa shape index (κ1) is 8.17. The molecule has 2 heterocycles. The van der Waals surface area contributed by atoms with Crippen LogP contribution in [0.4, 0.5) is 5.69 Å². The first-order valence-corrected chi connectivity index (χ1v) is 4.74. The Labute approximate surface area is 86.6 Å². The summed E-state index contributed by atoms with van der Waals surface area (Å²) in [5.74, 6) is 0. The van der Waals surface area contributed by atoms with Crippen molar-refractivity contribution in [3.8, 4) is 0 Å². The van der Waals surface area contributed by atoms with Crippen molar-refractivity contribution in [1.29, 1.82) is 0 Å². The Bertz CT molecular complexity index is 646. The van der Waals surface area contributed by atoms with Crippen molar-refractivity contribution in [3.63, 3.8) is 0 Å². The molecule has 3 heteroatoms. The monoisotopic (exact) mass is 195 g/mol. The lowest BCUT2D eigenvalue weighted by molar-refractivity contribution is 1.36. The van der Waals surface area contributed by atoms with Gasteiger partial charge in [0.15, 0.2) is 0 Å². The zero-order valence-electron chi connectivity index (χ0n) is 8.01. The van der Waals surface area contributed by atoms with Crippen LogP contribution in [-0.2, 0) is 0 Å². The first-order valence-electron chi connectivity index (χ1n) is 4.74. The van der Waals surface area contributed by atoms with Crippen molar-refractivity contribution < 1.29 is 0 Å². The minimum atomic E-state index is 0.672. The number of aromatic nitrogens is 2. The average Bonchev–Trinajstić information content (AvgIpc) is 2.29. The SMILES string of the molecule is Nc1ccnc2c1ncc1ccccc12. The molecule has 0 unspecified atom stereocenters. The zero-order valence-corrected chi connectivity index (χ0v) is 8.01. The van der Waals surface area contributed by atoms with Crippen molar-refractivity contribution in [2.24, 2.45) is 0 Å². The topological polar surface area (TPSA) is 51.8 Å². The fraction of sp³-hybridized carbons (Fsp3) is 0. The van der Waals surface area contributed by atoms with E-state index in [9.17, 15) is 0 Å². The van der Waals surface area contributed by atoms with E-state index in [-0.39, 0.29) is 0 Å². The molecule has 0 fully saturated rings. The Kier molecular flexibility index (Phi) is 1.59. The predicted octanol–water partition coefficient (Wildman–Crippen LogP) is 2.37. The third kappa shape index (κ3) is 1.13. The van der Waals surface area contributed by atoms with Crippen LogP contribution in [0.1, 0.15) is 0 Å². The molecule has 3 nitrogen and oxygen atoms in total.